The molecule has 1 heterocycles. The molecule has 0 radical (unpaired) electrons. The second kappa shape index (κ2) is 6.03. The van der Waals surface area contributed by atoms with Crippen molar-refractivity contribution < 1.29 is 0 Å². The summed E-state index contributed by atoms with van der Waals surface area (Å²) in [6.07, 6.45) is 2.02. The second-order valence-corrected chi connectivity index (χ2v) is 7.32. The Kier molecular flexibility index (Phi) is 3.99. The van der Waals surface area contributed by atoms with Gasteiger partial charge < -0.3 is 5.73 Å². The SMILES string of the molecule is NC(=S)N1N=C2c3ccccc3CC[C@H]2[C@H]1c1ccc(Cl)c(Cl)c1. The summed E-state index contributed by atoms with van der Waals surface area (Å²) >= 11 is 17.5. The number of aryl methyl sites for hydroxylation is 1. The van der Waals surface area contributed by atoms with E-state index in [1.165, 1.54) is 11.1 Å². The first-order chi connectivity index (χ1) is 11.6. The highest BCUT2D eigenvalue weighted by atomic mass is 35.5. The Labute approximate surface area is 156 Å². The summed E-state index contributed by atoms with van der Waals surface area (Å²) in [5.74, 6) is 0.235. The molecule has 6 heteroatoms. The molecule has 0 saturated carbocycles. The summed E-state index contributed by atoms with van der Waals surface area (Å²) in [6.45, 7) is 0. The lowest BCUT2D eigenvalue weighted by Gasteiger charge is -2.30. The van der Waals surface area contributed by atoms with E-state index in [-0.39, 0.29) is 17.1 Å². The molecule has 2 atom stereocenters. The highest BCUT2D eigenvalue weighted by Gasteiger charge is 2.42. The van der Waals surface area contributed by atoms with Gasteiger partial charge in [-0.2, -0.15) is 5.10 Å². The van der Waals surface area contributed by atoms with E-state index in [0.717, 1.165) is 24.1 Å². The maximum Gasteiger partial charge on any atom is 0.187 e. The van der Waals surface area contributed by atoms with Gasteiger partial charge in [0.05, 0.1) is 21.8 Å². The standard InChI is InChI=1S/C18H15Cl2N3S/c19-14-8-6-11(9-15(14)20)17-13-7-5-10-3-1-2-4-12(10)16(13)22-23(17)18(21)24/h1-4,6,8-9,13,17H,5,7H2,(H2,21,24)/t13-,17-/m1/s1. The minimum atomic E-state index is -0.0411. The first-order valence-corrected chi connectivity index (χ1v) is 8.93. The van der Waals surface area contributed by atoms with E-state index in [1.807, 2.05) is 24.3 Å². The first-order valence-electron chi connectivity index (χ1n) is 7.76. The third-order valence-electron chi connectivity index (χ3n) is 4.74. The van der Waals surface area contributed by atoms with Crippen molar-refractivity contribution in [3.63, 3.8) is 0 Å². The molecule has 122 valence electrons. The van der Waals surface area contributed by atoms with Gasteiger partial charge in [-0.25, -0.2) is 5.01 Å². The fraction of sp³-hybridized carbons (Fsp3) is 0.222. The quantitative estimate of drug-likeness (QED) is 0.742. The molecular weight excluding hydrogens is 361 g/mol. The van der Waals surface area contributed by atoms with Crippen LogP contribution < -0.4 is 5.73 Å². The zero-order valence-corrected chi connectivity index (χ0v) is 15.1. The van der Waals surface area contributed by atoms with Crippen molar-refractivity contribution in [3.05, 3.63) is 69.2 Å². The minimum absolute atomic E-state index is 0.0411. The summed E-state index contributed by atoms with van der Waals surface area (Å²) < 4.78 is 0. The molecule has 2 aliphatic rings. The molecule has 1 aliphatic heterocycles. The molecular formula is C18H15Cl2N3S. The molecule has 2 aromatic carbocycles. The van der Waals surface area contributed by atoms with Crippen molar-refractivity contribution in [3.8, 4) is 0 Å². The number of hydrazone groups is 1. The van der Waals surface area contributed by atoms with Crippen molar-refractivity contribution in [2.24, 2.45) is 16.8 Å². The fourth-order valence-corrected chi connectivity index (χ4v) is 4.14. The van der Waals surface area contributed by atoms with Crippen LogP contribution in [-0.4, -0.2) is 15.8 Å². The van der Waals surface area contributed by atoms with Crippen LogP contribution in [0.2, 0.25) is 10.0 Å². The van der Waals surface area contributed by atoms with Gasteiger partial charge in [-0.05, 0) is 48.3 Å². The number of nitrogens with zero attached hydrogens (tertiary/aromatic N) is 2. The Morgan fingerprint density at radius 2 is 1.96 bits per heavy atom. The van der Waals surface area contributed by atoms with Crippen LogP contribution in [0.1, 0.15) is 29.2 Å². The van der Waals surface area contributed by atoms with Gasteiger partial charge in [0.1, 0.15) is 0 Å². The molecule has 2 N–H and O–H groups in total. The molecule has 0 bridgehead atoms. The van der Waals surface area contributed by atoms with E-state index in [4.69, 9.17) is 46.3 Å². The molecule has 24 heavy (non-hydrogen) atoms. The van der Waals surface area contributed by atoms with E-state index in [9.17, 15) is 0 Å². The van der Waals surface area contributed by atoms with Gasteiger partial charge in [0, 0.05) is 11.5 Å². The molecule has 0 aromatic heterocycles. The maximum absolute atomic E-state index is 6.22. The normalized spacial score (nSPS) is 21.9. The van der Waals surface area contributed by atoms with Crippen LogP contribution >= 0.6 is 35.4 Å². The number of halogens is 2. The number of hydrogen-bond acceptors (Lipinski definition) is 2. The lowest BCUT2D eigenvalue weighted by atomic mass is 9.77. The number of thiocarbonyl (C=S) groups is 1. The third kappa shape index (κ3) is 2.50. The highest BCUT2D eigenvalue weighted by Crippen LogP contribution is 2.44. The molecule has 4 rings (SSSR count). The molecule has 0 unspecified atom stereocenters. The summed E-state index contributed by atoms with van der Waals surface area (Å²) in [6, 6.07) is 14.0. The fourth-order valence-electron chi connectivity index (χ4n) is 3.68. The third-order valence-corrected chi connectivity index (χ3v) is 5.67. The van der Waals surface area contributed by atoms with Gasteiger partial charge in [0.25, 0.3) is 0 Å². The van der Waals surface area contributed by atoms with Gasteiger partial charge in [-0.1, -0.05) is 53.5 Å². The monoisotopic (exact) mass is 375 g/mol. The second-order valence-electron chi connectivity index (χ2n) is 6.09. The largest absolute Gasteiger partial charge is 0.375 e. The van der Waals surface area contributed by atoms with Crippen molar-refractivity contribution >= 4 is 46.2 Å². The van der Waals surface area contributed by atoms with E-state index >= 15 is 0 Å². The van der Waals surface area contributed by atoms with Gasteiger partial charge in [0.2, 0.25) is 0 Å². The predicted molar refractivity (Wildman–Crippen MR) is 103 cm³/mol. The van der Waals surface area contributed by atoms with Crippen LogP contribution in [-0.2, 0) is 6.42 Å². The average Bonchev–Trinajstić information content (AvgIpc) is 2.97. The summed E-state index contributed by atoms with van der Waals surface area (Å²) in [4.78, 5) is 0. The Morgan fingerprint density at radius 3 is 2.71 bits per heavy atom. The van der Waals surface area contributed by atoms with Crippen LogP contribution in [0.5, 0.6) is 0 Å². The molecule has 3 nitrogen and oxygen atoms in total. The van der Waals surface area contributed by atoms with Crippen LogP contribution in [0.15, 0.2) is 47.6 Å². The number of fused-ring (bicyclic) bond motifs is 3. The smallest absolute Gasteiger partial charge is 0.187 e. The maximum atomic E-state index is 6.22. The molecule has 1 aliphatic carbocycles. The number of hydrogen-bond donors (Lipinski definition) is 1. The Bertz CT molecular complexity index is 865. The molecule has 0 amide bonds. The predicted octanol–water partition coefficient (Wildman–Crippen LogP) is 4.56. The van der Waals surface area contributed by atoms with E-state index in [0.29, 0.717) is 10.0 Å². The molecule has 0 spiro atoms. The van der Waals surface area contributed by atoms with Gasteiger partial charge >= 0.3 is 0 Å². The summed E-state index contributed by atoms with van der Waals surface area (Å²) in [5, 5.41) is 7.85. The lowest BCUT2D eigenvalue weighted by molar-refractivity contribution is 0.309. The van der Waals surface area contributed by atoms with Crippen molar-refractivity contribution in [1.29, 1.82) is 0 Å². The van der Waals surface area contributed by atoms with Crippen LogP contribution in [0.3, 0.4) is 0 Å². The van der Waals surface area contributed by atoms with E-state index in [2.05, 4.69) is 18.2 Å². The zero-order chi connectivity index (χ0) is 16.8. The molecule has 0 saturated heterocycles. The molecule has 2 aromatic rings. The van der Waals surface area contributed by atoms with Crippen LogP contribution in [0, 0.1) is 5.92 Å². The Morgan fingerprint density at radius 1 is 1.17 bits per heavy atom. The topological polar surface area (TPSA) is 41.6 Å². The zero-order valence-electron chi connectivity index (χ0n) is 12.7. The van der Waals surface area contributed by atoms with Gasteiger partial charge in [-0.15, -0.1) is 0 Å². The molecule has 0 fully saturated rings. The van der Waals surface area contributed by atoms with Gasteiger partial charge in [0.15, 0.2) is 5.11 Å². The van der Waals surface area contributed by atoms with Crippen LogP contribution in [0.25, 0.3) is 0 Å². The summed E-state index contributed by atoms with van der Waals surface area (Å²) in [5.41, 5.74) is 10.6. The number of nitrogens with two attached hydrogens (primary N) is 1. The van der Waals surface area contributed by atoms with Crippen molar-refractivity contribution in [2.45, 2.75) is 18.9 Å². The lowest BCUT2D eigenvalue weighted by Crippen LogP contribution is -2.35. The van der Waals surface area contributed by atoms with E-state index in [1.54, 1.807) is 5.01 Å². The minimum Gasteiger partial charge on any atom is -0.375 e. The number of rotatable bonds is 1. The van der Waals surface area contributed by atoms with Crippen molar-refractivity contribution in [1.82, 2.24) is 5.01 Å². The average molecular weight is 376 g/mol. The van der Waals surface area contributed by atoms with E-state index < -0.39 is 0 Å². The van der Waals surface area contributed by atoms with Crippen molar-refractivity contribution in [2.75, 3.05) is 0 Å². The first kappa shape index (κ1) is 15.9. The number of benzene rings is 2. The summed E-state index contributed by atoms with van der Waals surface area (Å²) in [7, 11) is 0. The Hall–Kier alpha value is -1.62. The Balaban J connectivity index is 1.82. The van der Waals surface area contributed by atoms with Gasteiger partial charge in [-0.3, -0.25) is 0 Å². The highest BCUT2D eigenvalue weighted by molar-refractivity contribution is 7.80. The van der Waals surface area contributed by atoms with Crippen LogP contribution in [0.4, 0.5) is 0 Å².